The summed E-state index contributed by atoms with van der Waals surface area (Å²) >= 11 is 5.57. The van der Waals surface area contributed by atoms with E-state index >= 15 is 0 Å². The van der Waals surface area contributed by atoms with Crippen molar-refractivity contribution in [3.63, 3.8) is 0 Å². The van der Waals surface area contributed by atoms with E-state index in [1.807, 2.05) is 18.2 Å². The molecule has 1 amide bonds. The quantitative estimate of drug-likeness (QED) is 0.647. The smallest absolute Gasteiger partial charge is 0.251 e. The molecule has 17 heavy (non-hydrogen) atoms. The van der Waals surface area contributed by atoms with Crippen LogP contribution in [-0.4, -0.2) is 18.3 Å². The maximum absolute atomic E-state index is 11.8. The minimum Gasteiger partial charge on any atom is -0.372 e. The highest BCUT2D eigenvalue weighted by Gasteiger charge is 2.13. The zero-order valence-electron chi connectivity index (χ0n) is 9.67. The average molecular weight is 254 g/mol. The Morgan fingerprint density at radius 1 is 1.29 bits per heavy atom. The molecule has 3 nitrogen and oxygen atoms in total. The largest absolute Gasteiger partial charge is 0.372 e. The molecule has 0 bridgehead atoms. The molecule has 0 saturated heterocycles. The molecule has 0 fully saturated rings. The number of fused-ring (bicyclic) bond motifs is 1. The average Bonchev–Trinajstić information content (AvgIpc) is 2.81. The summed E-state index contributed by atoms with van der Waals surface area (Å²) in [5.41, 5.74) is 3.02. The van der Waals surface area contributed by atoms with Crippen LogP contribution in [0.1, 0.15) is 34.3 Å². The van der Waals surface area contributed by atoms with Crippen molar-refractivity contribution < 1.29 is 9.53 Å². The van der Waals surface area contributed by atoms with Gasteiger partial charge in [-0.05, 0) is 36.1 Å². The van der Waals surface area contributed by atoms with Crippen molar-refractivity contribution in [3.05, 3.63) is 34.9 Å². The van der Waals surface area contributed by atoms with E-state index < -0.39 is 0 Å². The third-order valence-electron chi connectivity index (χ3n) is 2.83. The molecule has 2 rings (SSSR count). The van der Waals surface area contributed by atoms with Gasteiger partial charge in [0.05, 0.1) is 13.2 Å². The lowest BCUT2D eigenvalue weighted by Crippen LogP contribution is -2.24. The van der Waals surface area contributed by atoms with Gasteiger partial charge in [-0.2, -0.15) is 0 Å². The van der Waals surface area contributed by atoms with Crippen molar-refractivity contribution in [1.82, 2.24) is 5.32 Å². The summed E-state index contributed by atoms with van der Waals surface area (Å²) in [5, 5.41) is 2.89. The summed E-state index contributed by atoms with van der Waals surface area (Å²) in [6, 6.07) is 5.74. The van der Waals surface area contributed by atoms with Gasteiger partial charge in [0.25, 0.3) is 5.91 Å². The van der Waals surface area contributed by atoms with Crippen LogP contribution in [-0.2, 0) is 18.0 Å². The summed E-state index contributed by atoms with van der Waals surface area (Å²) in [6.07, 6.45) is 1.85. The first-order chi connectivity index (χ1) is 8.31. The van der Waals surface area contributed by atoms with E-state index in [0.29, 0.717) is 31.2 Å². The molecule has 1 aliphatic rings. The molecule has 1 heterocycles. The highest BCUT2D eigenvalue weighted by atomic mass is 35.5. The second kappa shape index (κ2) is 6.03. The van der Waals surface area contributed by atoms with Crippen LogP contribution in [0.25, 0.3) is 0 Å². The third kappa shape index (κ3) is 3.20. The lowest BCUT2D eigenvalue weighted by Gasteiger charge is -2.05. The summed E-state index contributed by atoms with van der Waals surface area (Å²) in [7, 11) is 0. The van der Waals surface area contributed by atoms with Gasteiger partial charge in [-0.15, -0.1) is 11.6 Å². The topological polar surface area (TPSA) is 38.3 Å². The number of hydrogen-bond donors (Lipinski definition) is 1. The van der Waals surface area contributed by atoms with E-state index in [2.05, 4.69) is 5.32 Å². The molecule has 0 atom stereocenters. The van der Waals surface area contributed by atoms with Gasteiger partial charge in [0.15, 0.2) is 0 Å². The number of carbonyl (C=O) groups excluding carboxylic acids is 1. The maximum atomic E-state index is 11.8. The molecule has 4 heteroatoms. The number of rotatable bonds is 5. The molecule has 1 aliphatic heterocycles. The van der Waals surface area contributed by atoms with Crippen molar-refractivity contribution in [2.24, 2.45) is 0 Å². The fraction of sp³-hybridized carbons (Fsp3) is 0.462. The summed E-state index contributed by atoms with van der Waals surface area (Å²) in [6.45, 7) is 1.95. The number of nitrogens with one attached hydrogen (secondary N) is 1. The second-order valence-corrected chi connectivity index (χ2v) is 4.51. The van der Waals surface area contributed by atoms with Crippen molar-refractivity contribution in [3.8, 4) is 0 Å². The van der Waals surface area contributed by atoms with Crippen molar-refractivity contribution in [2.75, 3.05) is 12.4 Å². The number of carbonyl (C=O) groups is 1. The number of benzene rings is 1. The van der Waals surface area contributed by atoms with Crippen molar-refractivity contribution in [1.29, 1.82) is 0 Å². The molecule has 0 saturated carbocycles. The SMILES string of the molecule is O=C(NCCCCCl)c1ccc2c(c1)COC2. The Labute approximate surface area is 106 Å². The Morgan fingerprint density at radius 3 is 2.94 bits per heavy atom. The number of amides is 1. The predicted octanol–water partition coefficient (Wildman–Crippen LogP) is 2.47. The normalized spacial score (nSPS) is 13.5. The minimum atomic E-state index is -0.0192. The molecule has 1 aromatic rings. The van der Waals surface area contributed by atoms with Gasteiger partial charge in [0.2, 0.25) is 0 Å². The number of alkyl halides is 1. The first-order valence-corrected chi connectivity index (χ1v) is 6.38. The van der Waals surface area contributed by atoms with Gasteiger partial charge in [0, 0.05) is 18.0 Å². The van der Waals surface area contributed by atoms with Crippen molar-refractivity contribution in [2.45, 2.75) is 26.1 Å². The van der Waals surface area contributed by atoms with Crippen LogP contribution in [0.15, 0.2) is 18.2 Å². The molecule has 0 unspecified atom stereocenters. The molecule has 0 aromatic heterocycles. The Kier molecular flexibility index (Phi) is 4.40. The molecule has 0 aliphatic carbocycles. The van der Waals surface area contributed by atoms with Crippen molar-refractivity contribution >= 4 is 17.5 Å². The van der Waals surface area contributed by atoms with Gasteiger partial charge in [0.1, 0.15) is 0 Å². The number of halogens is 1. The lowest BCUT2D eigenvalue weighted by molar-refractivity contribution is 0.0953. The summed E-state index contributed by atoms with van der Waals surface area (Å²) in [5.74, 6) is 0.626. The molecule has 1 N–H and O–H groups in total. The zero-order valence-corrected chi connectivity index (χ0v) is 10.4. The summed E-state index contributed by atoms with van der Waals surface area (Å²) < 4.78 is 5.32. The number of unbranched alkanes of at least 4 members (excludes halogenated alkanes) is 1. The third-order valence-corrected chi connectivity index (χ3v) is 3.10. The fourth-order valence-corrected chi connectivity index (χ4v) is 2.03. The van der Waals surface area contributed by atoms with Crippen LogP contribution in [0.2, 0.25) is 0 Å². The standard InChI is InChI=1S/C13H16ClNO2/c14-5-1-2-6-15-13(16)10-3-4-11-8-17-9-12(11)7-10/h3-4,7H,1-2,5-6,8-9H2,(H,15,16). The van der Waals surface area contributed by atoms with E-state index in [9.17, 15) is 4.79 Å². The lowest BCUT2D eigenvalue weighted by atomic mass is 10.1. The van der Waals surface area contributed by atoms with Crippen LogP contribution in [0.4, 0.5) is 0 Å². The fourth-order valence-electron chi connectivity index (χ4n) is 1.84. The van der Waals surface area contributed by atoms with Crippen LogP contribution in [0, 0.1) is 0 Å². The van der Waals surface area contributed by atoms with E-state index in [4.69, 9.17) is 16.3 Å². The Morgan fingerprint density at radius 2 is 2.12 bits per heavy atom. The van der Waals surface area contributed by atoms with Crippen LogP contribution in [0.3, 0.4) is 0 Å². The van der Waals surface area contributed by atoms with Gasteiger partial charge >= 0.3 is 0 Å². The van der Waals surface area contributed by atoms with Gasteiger partial charge in [-0.3, -0.25) is 4.79 Å². The molecule has 0 spiro atoms. The van der Waals surface area contributed by atoms with Gasteiger partial charge < -0.3 is 10.1 Å². The Hall–Kier alpha value is -1.06. The second-order valence-electron chi connectivity index (χ2n) is 4.13. The van der Waals surface area contributed by atoms with E-state index in [0.717, 1.165) is 18.4 Å². The summed E-state index contributed by atoms with van der Waals surface area (Å²) in [4.78, 5) is 11.8. The number of hydrogen-bond acceptors (Lipinski definition) is 2. The van der Waals surface area contributed by atoms with Crippen LogP contribution < -0.4 is 5.32 Å². The maximum Gasteiger partial charge on any atom is 0.251 e. The van der Waals surface area contributed by atoms with Gasteiger partial charge in [-0.25, -0.2) is 0 Å². The highest BCUT2D eigenvalue weighted by molar-refractivity contribution is 6.17. The van der Waals surface area contributed by atoms with Crippen LogP contribution >= 0.6 is 11.6 Å². The predicted molar refractivity (Wildman–Crippen MR) is 67.2 cm³/mol. The molecule has 0 radical (unpaired) electrons. The Bertz CT molecular complexity index is 406. The first kappa shape index (κ1) is 12.4. The Balaban J connectivity index is 1.91. The molecule has 1 aromatic carbocycles. The van der Waals surface area contributed by atoms with Crippen LogP contribution in [0.5, 0.6) is 0 Å². The highest BCUT2D eigenvalue weighted by Crippen LogP contribution is 2.20. The molecule has 92 valence electrons. The number of ether oxygens (including phenoxy) is 1. The van der Waals surface area contributed by atoms with E-state index in [-0.39, 0.29) is 5.91 Å². The van der Waals surface area contributed by atoms with Gasteiger partial charge in [-0.1, -0.05) is 6.07 Å². The monoisotopic (exact) mass is 253 g/mol. The van der Waals surface area contributed by atoms with E-state index in [1.165, 1.54) is 5.56 Å². The first-order valence-electron chi connectivity index (χ1n) is 5.85. The molecular formula is C13H16ClNO2. The van der Waals surface area contributed by atoms with E-state index in [1.54, 1.807) is 0 Å². The zero-order chi connectivity index (χ0) is 12.1. The minimum absolute atomic E-state index is 0.0192. The molecular weight excluding hydrogens is 238 g/mol.